The second-order valence-electron chi connectivity index (χ2n) is 7.35. The highest BCUT2D eigenvalue weighted by atomic mass is 16.5. The maximum atomic E-state index is 13.1. The molecule has 0 aliphatic heterocycles. The van der Waals surface area contributed by atoms with Gasteiger partial charge in [0, 0.05) is 23.9 Å². The van der Waals surface area contributed by atoms with Crippen LogP contribution < -0.4 is 19.8 Å². The molecule has 33 heavy (non-hydrogen) atoms. The molecule has 0 atom stereocenters. The van der Waals surface area contributed by atoms with Crippen LogP contribution in [0.2, 0.25) is 0 Å². The Kier molecular flexibility index (Phi) is 7.71. The van der Waals surface area contributed by atoms with E-state index in [2.05, 4.69) is 0 Å². The van der Waals surface area contributed by atoms with Crippen LogP contribution in [0.5, 0.6) is 17.2 Å². The monoisotopic (exact) mass is 454 g/mol. The summed E-state index contributed by atoms with van der Waals surface area (Å²) in [5, 5.41) is 0.682. The van der Waals surface area contributed by atoms with Crippen molar-refractivity contribution in [1.82, 2.24) is 0 Å². The summed E-state index contributed by atoms with van der Waals surface area (Å²) in [6.07, 6.45) is 1.09. The molecule has 0 aliphatic rings. The lowest BCUT2D eigenvalue weighted by atomic mass is 10.0. The number of carbonyl (C=O) groups excluding carboxylic acids is 2. The van der Waals surface area contributed by atoms with E-state index >= 15 is 0 Å². The molecule has 0 fully saturated rings. The van der Waals surface area contributed by atoms with Gasteiger partial charge in [0.25, 0.3) is 0 Å². The van der Waals surface area contributed by atoms with Crippen molar-refractivity contribution in [2.24, 2.45) is 0 Å². The highest BCUT2D eigenvalue weighted by Crippen LogP contribution is 2.33. The Morgan fingerprint density at radius 2 is 1.70 bits per heavy atom. The number of rotatable bonds is 9. The summed E-state index contributed by atoms with van der Waals surface area (Å²) < 4.78 is 26.7. The molecule has 0 aliphatic carbocycles. The maximum absolute atomic E-state index is 13.1. The number of hydrogen-bond donors (Lipinski definition) is 0. The first-order valence-corrected chi connectivity index (χ1v) is 10.5. The minimum atomic E-state index is -0.714. The number of benzene rings is 2. The Labute approximate surface area is 191 Å². The lowest BCUT2D eigenvalue weighted by Gasteiger charge is -2.15. The molecule has 2 aromatic carbocycles. The van der Waals surface area contributed by atoms with Crippen molar-refractivity contribution >= 4 is 22.9 Å². The van der Waals surface area contributed by atoms with Crippen molar-refractivity contribution < 1.29 is 33.0 Å². The summed E-state index contributed by atoms with van der Waals surface area (Å²) in [6, 6.07) is 9.54. The molecule has 3 aromatic rings. The van der Waals surface area contributed by atoms with Crippen LogP contribution in [0.4, 0.5) is 0 Å². The third-order valence-corrected chi connectivity index (χ3v) is 5.03. The summed E-state index contributed by atoms with van der Waals surface area (Å²) in [5.41, 5.74) is 1.17. The molecule has 0 spiro atoms. The Hall–Kier alpha value is -3.81. The van der Waals surface area contributed by atoms with E-state index < -0.39 is 11.6 Å². The number of aryl methyl sites for hydroxylation is 2. The van der Waals surface area contributed by atoms with Gasteiger partial charge in [0.2, 0.25) is 0 Å². The average molecular weight is 454 g/mol. The summed E-state index contributed by atoms with van der Waals surface area (Å²) in [4.78, 5) is 37.0. The van der Waals surface area contributed by atoms with Gasteiger partial charge >= 0.3 is 17.6 Å². The van der Waals surface area contributed by atoms with E-state index in [4.69, 9.17) is 23.4 Å². The molecule has 1 heterocycles. The second kappa shape index (κ2) is 10.7. The van der Waals surface area contributed by atoms with Crippen LogP contribution in [0.3, 0.4) is 0 Å². The van der Waals surface area contributed by atoms with Crippen LogP contribution in [0.15, 0.2) is 45.6 Å². The van der Waals surface area contributed by atoms with Crippen molar-refractivity contribution in [1.29, 1.82) is 0 Å². The highest BCUT2D eigenvalue weighted by molar-refractivity contribution is 5.97. The van der Waals surface area contributed by atoms with E-state index in [9.17, 15) is 14.4 Å². The SMILES string of the molecule is CCCOC(=O)CCc1cc2c(C)cc(=O)oc2cc1OC(=O)c1c(OC)cccc1OC. The predicted octanol–water partition coefficient (Wildman–Crippen LogP) is 4.22. The molecule has 0 N–H and O–H groups in total. The molecule has 0 unspecified atom stereocenters. The number of methoxy groups -OCH3 is 2. The van der Waals surface area contributed by atoms with Crippen molar-refractivity contribution in [2.45, 2.75) is 33.1 Å². The number of fused-ring (bicyclic) bond motifs is 1. The molecular weight excluding hydrogens is 428 g/mol. The standard InChI is InChI=1S/C25H26O8/c1-5-11-31-22(26)10-9-16-13-17-15(2)12-23(27)32-21(17)14-20(16)33-25(28)24-18(29-3)7-6-8-19(24)30-4/h6-8,12-14H,5,9-11H2,1-4H3. The number of hydrogen-bond acceptors (Lipinski definition) is 8. The van der Waals surface area contributed by atoms with E-state index in [0.717, 1.165) is 6.42 Å². The third kappa shape index (κ3) is 5.52. The van der Waals surface area contributed by atoms with Crippen LogP contribution in [-0.4, -0.2) is 32.8 Å². The largest absolute Gasteiger partial charge is 0.496 e. The molecule has 8 heteroatoms. The smallest absolute Gasteiger partial charge is 0.351 e. The molecule has 0 radical (unpaired) electrons. The van der Waals surface area contributed by atoms with Gasteiger partial charge in [0.15, 0.2) is 0 Å². The number of carbonyl (C=O) groups is 2. The zero-order valence-corrected chi connectivity index (χ0v) is 19.1. The molecular formula is C25H26O8. The summed E-state index contributed by atoms with van der Waals surface area (Å²) in [5.74, 6) is -0.331. The van der Waals surface area contributed by atoms with Crippen molar-refractivity contribution in [2.75, 3.05) is 20.8 Å². The Bertz CT molecular complexity index is 1200. The molecule has 0 saturated carbocycles. The number of ether oxygens (including phenoxy) is 4. The van der Waals surface area contributed by atoms with Crippen LogP contribution >= 0.6 is 0 Å². The Morgan fingerprint density at radius 1 is 1.00 bits per heavy atom. The Balaban J connectivity index is 2.02. The van der Waals surface area contributed by atoms with E-state index in [0.29, 0.717) is 23.1 Å². The molecule has 0 saturated heterocycles. The van der Waals surface area contributed by atoms with Crippen molar-refractivity contribution in [3.63, 3.8) is 0 Å². The molecule has 174 valence electrons. The lowest BCUT2D eigenvalue weighted by molar-refractivity contribution is -0.143. The summed E-state index contributed by atoms with van der Waals surface area (Å²) >= 11 is 0. The first-order chi connectivity index (χ1) is 15.9. The van der Waals surface area contributed by atoms with E-state index in [1.807, 2.05) is 6.92 Å². The van der Waals surface area contributed by atoms with Crippen LogP contribution in [0, 0.1) is 6.92 Å². The maximum Gasteiger partial charge on any atom is 0.351 e. The van der Waals surface area contributed by atoms with E-state index in [1.165, 1.54) is 26.4 Å². The first-order valence-electron chi connectivity index (χ1n) is 10.5. The second-order valence-corrected chi connectivity index (χ2v) is 7.35. The van der Waals surface area contributed by atoms with Gasteiger partial charge in [-0.15, -0.1) is 0 Å². The van der Waals surface area contributed by atoms with Gasteiger partial charge in [-0.05, 0) is 49.1 Å². The van der Waals surface area contributed by atoms with Crippen LogP contribution in [0.1, 0.15) is 41.3 Å². The molecule has 3 rings (SSSR count). The van der Waals surface area contributed by atoms with Gasteiger partial charge in [0.05, 0.1) is 20.8 Å². The fraction of sp³-hybridized carbons (Fsp3) is 0.320. The quantitative estimate of drug-likeness (QED) is 0.269. The topological polar surface area (TPSA) is 101 Å². The minimum absolute atomic E-state index is 0.101. The molecule has 8 nitrogen and oxygen atoms in total. The molecule has 1 aromatic heterocycles. The van der Waals surface area contributed by atoms with Gasteiger partial charge in [-0.25, -0.2) is 9.59 Å². The van der Waals surface area contributed by atoms with E-state index in [1.54, 1.807) is 31.2 Å². The minimum Gasteiger partial charge on any atom is -0.496 e. The average Bonchev–Trinajstić information content (AvgIpc) is 2.80. The third-order valence-electron chi connectivity index (χ3n) is 5.03. The van der Waals surface area contributed by atoms with Crippen LogP contribution in [0.25, 0.3) is 11.0 Å². The highest BCUT2D eigenvalue weighted by Gasteiger charge is 2.22. The normalized spacial score (nSPS) is 10.7. The Morgan fingerprint density at radius 3 is 2.33 bits per heavy atom. The predicted molar refractivity (Wildman–Crippen MR) is 121 cm³/mol. The fourth-order valence-corrected chi connectivity index (χ4v) is 3.41. The van der Waals surface area contributed by atoms with E-state index in [-0.39, 0.29) is 47.2 Å². The van der Waals surface area contributed by atoms with Gasteiger partial charge in [0.1, 0.15) is 28.4 Å². The van der Waals surface area contributed by atoms with Gasteiger partial charge in [-0.2, -0.15) is 0 Å². The van der Waals surface area contributed by atoms with Crippen molar-refractivity contribution in [3.05, 3.63) is 63.5 Å². The zero-order chi connectivity index (χ0) is 24.0. The van der Waals surface area contributed by atoms with Crippen molar-refractivity contribution in [3.8, 4) is 17.2 Å². The summed E-state index contributed by atoms with van der Waals surface area (Å²) in [7, 11) is 2.87. The zero-order valence-electron chi connectivity index (χ0n) is 19.1. The molecule has 0 amide bonds. The fourth-order valence-electron chi connectivity index (χ4n) is 3.41. The van der Waals surface area contributed by atoms with Crippen LogP contribution in [-0.2, 0) is 16.0 Å². The first kappa shape index (κ1) is 23.8. The number of esters is 2. The van der Waals surface area contributed by atoms with Gasteiger partial charge < -0.3 is 23.4 Å². The van der Waals surface area contributed by atoms with Gasteiger partial charge in [-0.1, -0.05) is 13.0 Å². The van der Waals surface area contributed by atoms with Gasteiger partial charge in [-0.3, -0.25) is 4.79 Å². The lowest BCUT2D eigenvalue weighted by Crippen LogP contribution is -2.14. The molecule has 0 bridgehead atoms. The summed E-state index contributed by atoms with van der Waals surface area (Å²) in [6.45, 7) is 4.04.